The average Bonchev–Trinajstić information content (AvgIpc) is 3.11. The van der Waals surface area contributed by atoms with Crippen LogP contribution in [0.3, 0.4) is 0 Å². The van der Waals surface area contributed by atoms with E-state index in [1.165, 1.54) is 36.0 Å². The third-order valence-corrected chi connectivity index (χ3v) is 4.88. The van der Waals surface area contributed by atoms with Gasteiger partial charge in [-0.25, -0.2) is 0 Å². The lowest BCUT2D eigenvalue weighted by molar-refractivity contribution is -0.384. The number of hydrazine groups is 1. The number of carbonyl (C=O) groups excluding carboxylic acids is 2. The van der Waals surface area contributed by atoms with Crippen molar-refractivity contribution in [3.05, 3.63) is 70.3 Å². The second kappa shape index (κ2) is 8.97. The summed E-state index contributed by atoms with van der Waals surface area (Å²) in [6.07, 6.45) is 0. The van der Waals surface area contributed by atoms with Crippen LogP contribution in [0.2, 0.25) is 0 Å². The molecule has 0 spiro atoms. The highest BCUT2D eigenvalue weighted by Gasteiger charge is 2.14. The van der Waals surface area contributed by atoms with E-state index in [2.05, 4.69) is 21.0 Å². The maximum Gasteiger partial charge on any atom is 0.269 e. The van der Waals surface area contributed by atoms with E-state index in [0.717, 1.165) is 5.56 Å². The Morgan fingerprint density at radius 1 is 1.07 bits per heavy atom. The Kier molecular flexibility index (Phi) is 6.19. The molecule has 10 nitrogen and oxygen atoms in total. The summed E-state index contributed by atoms with van der Waals surface area (Å²) in [6, 6.07) is 14.6. The number of nitro benzene ring substituents is 1. The highest BCUT2D eigenvalue weighted by molar-refractivity contribution is 7.99. The van der Waals surface area contributed by atoms with Gasteiger partial charge in [0.2, 0.25) is 5.91 Å². The summed E-state index contributed by atoms with van der Waals surface area (Å²) in [5.74, 6) is -0.320. The number of hydrogen-bond acceptors (Lipinski definition) is 7. The van der Waals surface area contributed by atoms with Gasteiger partial charge in [0.25, 0.3) is 11.6 Å². The largest absolute Gasteiger partial charge is 0.305 e. The molecule has 0 bridgehead atoms. The molecule has 0 unspecified atom stereocenters. The summed E-state index contributed by atoms with van der Waals surface area (Å²) in [6.45, 7) is 0. The number of thioether (sulfide) groups is 1. The Hall–Kier alpha value is -3.73. The standard InChI is InChI=1S/C18H16N6O4S/c1-23-16(12-5-3-2-4-6-12)20-22-18(23)29-11-15(25)19-21-17(26)13-7-9-14(10-8-13)24(27)28/h2-10H,11H2,1H3,(H,19,25)(H,21,26). The van der Waals surface area contributed by atoms with E-state index in [1.54, 1.807) is 11.6 Å². The molecular formula is C18H16N6O4S. The molecule has 29 heavy (non-hydrogen) atoms. The van der Waals surface area contributed by atoms with Crippen LogP contribution in [0.4, 0.5) is 5.69 Å². The van der Waals surface area contributed by atoms with Gasteiger partial charge in [-0.15, -0.1) is 10.2 Å². The van der Waals surface area contributed by atoms with Crippen molar-refractivity contribution in [1.29, 1.82) is 0 Å². The second-order valence-electron chi connectivity index (χ2n) is 5.83. The van der Waals surface area contributed by atoms with Gasteiger partial charge < -0.3 is 4.57 Å². The van der Waals surface area contributed by atoms with Crippen molar-refractivity contribution in [2.45, 2.75) is 5.16 Å². The number of hydrogen-bond donors (Lipinski definition) is 2. The van der Waals surface area contributed by atoms with Gasteiger partial charge in [-0.05, 0) is 12.1 Å². The summed E-state index contributed by atoms with van der Waals surface area (Å²) in [4.78, 5) is 34.0. The first-order chi connectivity index (χ1) is 14.0. The number of benzene rings is 2. The maximum absolute atomic E-state index is 12.0. The van der Waals surface area contributed by atoms with Crippen LogP contribution in [0.5, 0.6) is 0 Å². The number of non-ortho nitro benzene ring substituents is 1. The molecule has 2 aromatic carbocycles. The zero-order chi connectivity index (χ0) is 20.8. The quantitative estimate of drug-likeness (QED) is 0.359. The molecule has 11 heteroatoms. The van der Waals surface area contributed by atoms with Crippen LogP contribution in [-0.2, 0) is 11.8 Å². The zero-order valence-corrected chi connectivity index (χ0v) is 16.0. The predicted molar refractivity (Wildman–Crippen MR) is 106 cm³/mol. The van der Waals surface area contributed by atoms with E-state index in [9.17, 15) is 19.7 Å². The third-order valence-electron chi connectivity index (χ3n) is 3.86. The van der Waals surface area contributed by atoms with Crippen LogP contribution in [0.1, 0.15) is 10.4 Å². The molecule has 1 aromatic heterocycles. The number of carbonyl (C=O) groups is 2. The van der Waals surface area contributed by atoms with E-state index in [0.29, 0.717) is 11.0 Å². The van der Waals surface area contributed by atoms with E-state index in [-0.39, 0.29) is 17.0 Å². The fraction of sp³-hybridized carbons (Fsp3) is 0.111. The minimum absolute atomic E-state index is 0.0152. The van der Waals surface area contributed by atoms with Crippen molar-refractivity contribution in [1.82, 2.24) is 25.6 Å². The van der Waals surface area contributed by atoms with Crippen molar-refractivity contribution >= 4 is 29.3 Å². The lowest BCUT2D eigenvalue weighted by Gasteiger charge is -2.07. The third kappa shape index (κ3) is 4.96. The monoisotopic (exact) mass is 412 g/mol. The van der Waals surface area contributed by atoms with E-state index >= 15 is 0 Å². The number of aromatic nitrogens is 3. The van der Waals surface area contributed by atoms with Crippen molar-refractivity contribution in [2.75, 3.05) is 5.75 Å². The second-order valence-corrected chi connectivity index (χ2v) is 6.77. The SMILES string of the molecule is Cn1c(SCC(=O)NNC(=O)c2ccc([N+](=O)[O-])cc2)nnc1-c1ccccc1. The van der Waals surface area contributed by atoms with Gasteiger partial charge in [0.05, 0.1) is 10.7 Å². The molecule has 0 saturated heterocycles. The summed E-state index contributed by atoms with van der Waals surface area (Å²) >= 11 is 1.17. The lowest BCUT2D eigenvalue weighted by atomic mass is 10.2. The highest BCUT2D eigenvalue weighted by Crippen LogP contribution is 2.22. The minimum Gasteiger partial charge on any atom is -0.305 e. The Labute approximate surface area is 169 Å². The Morgan fingerprint density at radius 2 is 1.76 bits per heavy atom. The number of nitrogens with one attached hydrogen (secondary N) is 2. The number of amides is 2. The molecule has 0 aliphatic carbocycles. The van der Waals surface area contributed by atoms with Crippen LogP contribution in [0.25, 0.3) is 11.4 Å². The van der Waals surface area contributed by atoms with E-state index in [4.69, 9.17) is 0 Å². The first-order valence-corrected chi connectivity index (χ1v) is 9.35. The Bertz CT molecular complexity index is 1040. The number of rotatable bonds is 6. The Morgan fingerprint density at radius 3 is 2.41 bits per heavy atom. The van der Waals surface area contributed by atoms with Gasteiger partial charge in [-0.2, -0.15) is 0 Å². The van der Waals surface area contributed by atoms with Crippen LogP contribution in [0, 0.1) is 10.1 Å². The normalized spacial score (nSPS) is 10.4. The molecule has 0 saturated carbocycles. The molecule has 1 heterocycles. The van der Waals surface area contributed by atoms with Gasteiger partial charge >= 0.3 is 0 Å². The van der Waals surface area contributed by atoms with Crippen molar-refractivity contribution in [3.63, 3.8) is 0 Å². The number of nitro groups is 1. The molecule has 3 rings (SSSR count). The molecule has 0 aliphatic rings. The van der Waals surface area contributed by atoms with Crippen LogP contribution >= 0.6 is 11.8 Å². The van der Waals surface area contributed by atoms with Gasteiger partial charge in [-0.3, -0.25) is 30.6 Å². The predicted octanol–water partition coefficient (Wildman–Crippen LogP) is 1.94. The summed E-state index contributed by atoms with van der Waals surface area (Å²) < 4.78 is 1.78. The molecule has 2 amide bonds. The van der Waals surface area contributed by atoms with Crippen LogP contribution in [0.15, 0.2) is 59.8 Å². The van der Waals surface area contributed by atoms with Crippen molar-refractivity contribution in [2.24, 2.45) is 7.05 Å². The molecule has 2 N–H and O–H groups in total. The fourth-order valence-electron chi connectivity index (χ4n) is 2.38. The smallest absolute Gasteiger partial charge is 0.269 e. The van der Waals surface area contributed by atoms with Crippen molar-refractivity contribution in [3.8, 4) is 11.4 Å². The first-order valence-electron chi connectivity index (χ1n) is 8.37. The van der Waals surface area contributed by atoms with Crippen molar-refractivity contribution < 1.29 is 14.5 Å². The van der Waals surface area contributed by atoms with Gasteiger partial charge in [-0.1, -0.05) is 42.1 Å². The molecular weight excluding hydrogens is 396 g/mol. The minimum atomic E-state index is -0.580. The molecule has 0 radical (unpaired) electrons. The van der Waals surface area contributed by atoms with Gasteiger partial charge in [0.15, 0.2) is 11.0 Å². The van der Waals surface area contributed by atoms with Crippen LogP contribution < -0.4 is 10.9 Å². The molecule has 0 aliphatic heterocycles. The first kappa shape index (κ1) is 20.0. The van der Waals surface area contributed by atoms with Gasteiger partial charge in [0.1, 0.15) is 0 Å². The van der Waals surface area contributed by atoms with E-state index < -0.39 is 16.7 Å². The molecule has 148 valence electrons. The number of nitrogens with zero attached hydrogens (tertiary/aromatic N) is 4. The fourth-order valence-corrected chi connectivity index (χ4v) is 3.09. The molecule has 3 aromatic rings. The zero-order valence-electron chi connectivity index (χ0n) is 15.2. The molecule has 0 atom stereocenters. The highest BCUT2D eigenvalue weighted by atomic mass is 32.2. The summed E-state index contributed by atoms with van der Waals surface area (Å²) in [5.41, 5.74) is 5.53. The Balaban J connectivity index is 1.51. The maximum atomic E-state index is 12.0. The van der Waals surface area contributed by atoms with E-state index in [1.807, 2.05) is 30.3 Å². The average molecular weight is 412 g/mol. The lowest BCUT2D eigenvalue weighted by Crippen LogP contribution is -2.42. The summed E-state index contributed by atoms with van der Waals surface area (Å²) in [7, 11) is 1.80. The molecule has 0 fully saturated rings. The van der Waals surface area contributed by atoms with Crippen LogP contribution in [-0.4, -0.2) is 37.3 Å². The summed E-state index contributed by atoms with van der Waals surface area (Å²) in [5, 5.41) is 19.4. The topological polar surface area (TPSA) is 132 Å². The van der Waals surface area contributed by atoms with Gasteiger partial charge in [0, 0.05) is 30.3 Å².